The van der Waals surface area contributed by atoms with Crippen molar-refractivity contribution in [3.8, 4) is 0 Å². The van der Waals surface area contributed by atoms with Gasteiger partial charge < -0.3 is 20.1 Å². The number of ether oxygens (including phenoxy) is 1. The van der Waals surface area contributed by atoms with Gasteiger partial charge >= 0.3 is 18.0 Å². The molecule has 0 unspecified atom stereocenters. The number of aliphatic carboxylic acids is 1. The summed E-state index contributed by atoms with van der Waals surface area (Å²) in [4.78, 5) is 35.0. The van der Waals surface area contributed by atoms with Crippen molar-refractivity contribution in [2.75, 3.05) is 27.2 Å². The molecule has 0 rings (SSSR count). The summed E-state index contributed by atoms with van der Waals surface area (Å²) in [6, 6.07) is -0.321. The summed E-state index contributed by atoms with van der Waals surface area (Å²) in [5.74, 6) is -0.976. The number of carboxylic acids is 1. The minimum atomic E-state index is -0.867. The summed E-state index contributed by atoms with van der Waals surface area (Å²) in [6.45, 7) is 4.59. The van der Waals surface area contributed by atoms with E-state index in [4.69, 9.17) is 5.11 Å². The first-order valence-electron chi connectivity index (χ1n) is 7.03. The third kappa shape index (κ3) is 9.70. The van der Waals surface area contributed by atoms with E-state index in [0.717, 1.165) is 6.42 Å². The van der Waals surface area contributed by atoms with E-state index in [9.17, 15) is 14.4 Å². The Kier molecular flexibility index (Phi) is 9.16. The number of nitrogens with zero attached hydrogens (tertiary/aromatic N) is 1. The third-order valence-electron chi connectivity index (χ3n) is 3.04. The van der Waals surface area contributed by atoms with Crippen LogP contribution in [0, 0.1) is 11.8 Å². The molecule has 1 atom stereocenters. The van der Waals surface area contributed by atoms with Gasteiger partial charge in [-0.25, -0.2) is 4.79 Å². The number of carbonyl (C=O) groups is 3. The zero-order valence-corrected chi connectivity index (χ0v) is 13.2. The molecule has 0 aromatic heterocycles. The van der Waals surface area contributed by atoms with Crippen LogP contribution in [-0.4, -0.2) is 55.2 Å². The second-order valence-electron chi connectivity index (χ2n) is 5.53. The van der Waals surface area contributed by atoms with Crippen LogP contribution in [0.4, 0.5) is 4.79 Å². The Morgan fingerprint density at radius 3 is 2.38 bits per heavy atom. The zero-order valence-electron chi connectivity index (χ0n) is 13.2. The van der Waals surface area contributed by atoms with Crippen LogP contribution in [0.1, 0.15) is 33.1 Å². The van der Waals surface area contributed by atoms with Crippen LogP contribution >= 0.6 is 0 Å². The molecule has 0 fully saturated rings. The van der Waals surface area contributed by atoms with Gasteiger partial charge in [0, 0.05) is 26.6 Å². The molecule has 2 amide bonds. The van der Waals surface area contributed by atoms with Gasteiger partial charge in [0.2, 0.25) is 0 Å². The standard InChI is InChI=1S/C14H26N2O5/c1-10(2)7-11(8-12(17)18)9-15-14(20)16(3)6-5-13(19)21-4/h10-11H,5-9H2,1-4H3,(H,15,20)(H,17,18)/t11-/m0/s1. The van der Waals surface area contributed by atoms with Gasteiger partial charge in [0.15, 0.2) is 0 Å². The zero-order chi connectivity index (χ0) is 16.4. The van der Waals surface area contributed by atoms with E-state index in [1.807, 2.05) is 13.8 Å². The molecule has 122 valence electrons. The molecule has 7 heteroatoms. The molecule has 21 heavy (non-hydrogen) atoms. The lowest BCUT2D eigenvalue weighted by atomic mass is 9.94. The fourth-order valence-corrected chi connectivity index (χ4v) is 1.98. The van der Waals surface area contributed by atoms with E-state index in [1.54, 1.807) is 7.05 Å². The second-order valence-corrected chi connectivity index (χ2v) is 5.53. The number of methoxy groups -OCH3 is 1. The maximum absolute atomic E-state index is 11.8. The molecule has 7 nitrogen and oxygen atoms in total. The highest BCUT2D eigenvalue weighted by atomic mass is 16.5. The number of carboxylic acid groups (broad SMARTS) is 1. The molecular weight excluding hydrogens is 276 g/mol. The van der Waals surface area contributed by atoms with Crippen molar-refractivity contribution in [2.24, 2.45) is 11.8 Å². The number of amides is 2. The summed E-state index contributed by atoms with van der Waals surface area (Å²) in [5.41, 5.74) is 0. The van der Waals surface area contributed by atoms with E-state index in [0.29, 0.717) is 12.5 Å². The Hall–Kier alpha value is -1.79. The van der Waals surface area contributed by atoms with Crippen LogP contribution in [0.3, 0.4) is 0 Å². The van der Waals surface area contributed by atoms with Crippen LogP contribution in [0.2, 0.25) is 0 Å². The lowest BCUT2D eigenvalue weighted by Crippen LogP contribution is -2.41. The minimum Gasteiger partial charge on any atom is -0.481 e. The van der Waals surface area contributed by atoms with Gasteiger partial charge in [0.05, 0.1) is 13.5 Å². The number of urea groups is 1. The fourth-order valence-electron chi connectivity index (χ4n) is 1.98. The predicted molar refractivity (Wildman–Crippen MR) is 77.9 cm³/mol. The SMILES string of the molecule is COC(=O)CCN(C)C(=O)NC[C@H](CC(=O)O)CC(C)C. The Labute approximate surface area is 125 Å². The normalized spacial score (nSPS) is 11.9. The molecular formula is C14H26N2O5. The van der Waals surface area contributed by atoms with Crippen LogP contribution in [0.5, 0.6) is 0 Å². The van der Waals surface area contributed by atoms with Crippen LogP contribution in [0.25, 0.3) is 0 Å². The largest absolute Gasteiger partial charge is 0.481 e. The van der Waals surface area contributed by atoms with E-state index in [2.05, 4.69) is 10.1 Å². The smallest absolute Gasteiger partial charge is 0.317 e. The van der Waals surface area contributed by atoms with Crippen LogP contribution < -0.4 is 5.32 Å². The maximum atomic E-state index is 11.8. The molecule has 0 saturated carbocycles. The molecule has 0 radical (unpaired) electrons. The van der Waals surface area contributed by atoms with E-state index >= 15 is 0 Å². The number of hydrogen-bond acceptors (Lipinski definition) is 4. The Morgan fingerprint density at radius 2 is 1.90 bits per heavy atom. The highest BCUT2D eigenvalue weighted by Gasteiger charge is 2.17. The van der Waals surface area contributed by atoms with Crippen molar-refractivity contribution >= 4 is 18.0 Å². The summed E-state index contributed by atoms with van der Waals surface area (Å²) >= 11 is 0. The molecule has 0 aromatic rings. The van der Waals surface area contributed by atoms with Gasteiger partial charge in [-0.2, -0.15) is 0 Å². The molecule has 0 spiro atoms. The monoisotopic (exact) mass is 302 g/mol. The highest BCUT2D eigenvalue weighted by Crippen LogP contribution is 2.14. The van der Waals surface area contributed by atoms with Gasteiger partial charge in [0.25, 0.3) is 0 Å². The van der Waals surface area contributed by atoms with Gasteiger partial charge in [0.1, 0.15) is 0 Å². The van der Waals surface area contributed by atoms with Crippen molar-refractivity contribution in [1.29, 1.82) is 0 Å². The first kappa shape index (κ1) is 19.2. The second kappa shape index (κ2) is 10.0. The van der Waals surface area contributed by atoms with E-state index < -0.39 is 5.97 Å². The molecule has 0 saturated heterocycles. The molecule has 0 bridgehead atoms. The number of hydrogen-bond donors (Lipinski definition) is 2. The minimum absolute atomic E-state index is 0.0321. The average Bonchev–Trinajstić information content (AvgIpc) is 2.39. The van der Waals surface area contributed by atoms with Crippen LogP contribution in [-0.2, 0) is 14.3 Å². The van der Waals surface area contributed by atoms with Gasteiger partial charge in [-0.15, -0.1) is 0 Å². The lowest BCUT2D eigenvalue weighted by Gasteiger charge is -2.21. The van der Waals surface area contributed by atoms with Gasteiger partial charge in [-0.3, -0.25) is 9.59 Å². The van der Waals surface area contributed by atoms with E-state index in [-0.39, 0.29) is 37.3 Å². The average molecular weight is 302 g/mol. The summed E-state index contributed by atoms with van der Waals surface area (Å²) < 4.78 is 4.50. The predicted octanol–water partition coefficient (Wildman–Crippen LogP) is 1.33. The van der Waals surface area contributed by atoms with Gasteiger partial charge in [-0.05, 0) is 18.3 Å². The Bertz CT molecular complexity index is 357. The topological polar surface area (TPSA) is 95.9 Å². The molecule has 0 aliphatic rings. The molecule has 2 N–H and O–H groups in total. The molecule has 0 aliphatic heterocycles. The first-order chi connectivity index (χ1) is 9.76. The first-order valence-corrected chi connectivity index (χ1v) is 7.03. The highest BCUT2D eigenvalue weighted by molar-refractivity contribution is 5.75. The lowest BCUT2D eigenvalue weighted by molar-refractivity contribution is -0.141. The molecule has 0 heterocycles. The fraction of sp³-hybridized carbons (Fsp3) is 0.786. The Morgan fingerprint density at radius 1 is 1.29 bits per heavy atom. The summed E-state index contributed by atoms with van der Waals surface area (Å²) in [7, 11) is 2.87. The van der Waals surface area contributed by atoms with Crippen molar-refractivity contribution < 1.29 is 24.2 Å². The van der Waals surface area contributed by atoms with Crippen molar-refractivity contribution in [3.63, 3.8) is 0 Å². The van der Waals surface area contributed by atoms with Crippen molar-refractivity contribution in [2.45, 2.75) is 33.1 Å². The Balaban J connectivity index is 4.21. The third-order valence-corrected chi connectivity index (χ3v) is 3.04. The van der Waals surface area contributed by atoms with Crippen LogP contribution in [0.15, 0.2) is 0 Å². The maximum Gasteiger partial charge on any atom is 0.317 e. The van der Waals surface area contributed by atoms with Crippen molar-refractivity contribution in [1.82, 2.24) is 10.2 Å². The number of carbonyl (C=O) groups excluding carboxylic acids is 2. The van der Waals surface area contributed by atoms with Crippen molar-refractivity contribution in [3.05, 3.63) is 0 Å². The molecule has 0 aliphatic carbocycles. The quantitative estimate of drug-likeness (QED) is 0.626. The molecule has 0 aromatic carbocycles. The number of nitrogens with one attached hydrogen (secondary N) is 1. The van der Waals surface area contributed by atoms with E-state index in [1.165, 1.54) is 12.0 Å². The number of rotatable bonds is 9. The number of esters is 1. The summed E-state index contributed by atoms with van der Waals surface area (Å²) in [5, 5.41) is 11.6. The summed E-state index contributed by atoms with van der Waals surface area (Å²) in [6.07, 6.45) is 0.897. The van der Waals surface area contributed by atoms with Gasteiger partial charge in [-0.1, -0.05) is 13.8 Å².